The van der Waals surface area contributed by atoms with Gasteiger partial charge in [-0.3, -0.25) is 0 Å². The van der Waals surface area contributed by atoms with Crippen LogP contribution in [0.5, 0.6) is 11.5 Å². The van der Waals surface area contributed by atoms with Crippen molar-refractivity contribution in [3.8, 4) is 11.5 Å². The lowest BCUT2D eigenvalue weighted by atomic mass is 10.2. The Morgan fingerprint density at radius 3 is 2.14 bits per heavy atom. The average molecular weight is 357 g/mol. The summed E-state index contributed by atoms with van der Waals surface area (Å²) < 4.78 is 23.8. The molecule has 2 saturated heterocycles. The van der Waals surface area contributed by atoms with Crippen LogP contribution in [0.3, 0.4) is 0 Å². The lowest BCUT2D eigenvalue weighted by Gasteiger charge is -2.25. The van der Waals surface area contributed by atoms with E-state index in [1.807, 2.05) is 18.2 Å². The predicted octanol–water partition coefficient (Wildman–Crippen LogP) is 4.26. The smallest absolute Gasteiger partial charge is 0.199 e. The van der Waals surface area contributed by atoms with Crippen LogP contribution in [0.15, 0.2) is 22.7 Å². The van der Waals surface area contributed by atoms with Crippen LogP contribution in [0.2, 0.25) is 0 Å². The van der Waals surface area contributed by atoms with Gasteiger partial charge in [0.05, 0.1) is 17.7 Å². The van der Waals surface area contributed by atoms with E-state index < -0.39 is 0 Å². The molecule has 0 spiro atoms. The minimum absolute atomic E-state index is 0.126. The highest BCUT2D eigenvalue weighted by molar-refractivity contribution is 9.10. The van der Waals surface area contributed by atoms with Gasteiger partial charge in [0.15, 0.2) is 12.6 Å². The summed E-state index contributed by atoms with van der Waals surface area (Å²) in [6, 6.07) is 5.76. The molecular weight excluding hydrogens is 336 g/mol. The fourth-order valence-corrected chi connectivity index (χ4v) is 3.00. The molecule has 0 saturated carbocycles. The predicted molar refractivity (Wildman–Crippen MR) is 82.6 cm³/mol. The van der Waals surface area contributed by atoms with Crippen molar-refractivity contribution in [2.45, 2.75) is 51.1 Å². The van der Waals surface area contributed by atoms with Crippen molar-refractivity contribution < 1.29 is 18.9 Å². The van der Waals surface area contributed by atoms with Crippen LogP contribution >= 0.6 is 15.9 Å². The van der Waals surface area contributed by atoms with Gasteiger partial charge in [-0.2, -0.15) is 0 Å². The van der Waals surface area contributed by atoms with Crippen LogP contribution in [0.4, 0.5) is 0 Å². The summed E-state index contributed by atoms with van der Waals surface area (Å²) in [6.45, 7) is 1.56. The normalized spacial score (nSPS) is 26.3. The number of hydrogen-bond donors (Lipinski definition) is 0. The van der Waals surface area contributed by atoms with Gasteiger partial charge in [0.1, 0.15) is 11.5 Å². The second-order valence-electron chi connectivity index (χ2n) is 5.42. The van der Waals surface area contributed by atoms with Gasteiger partial charge in [-0.25, -0.2) is 0 Å². The second kappa shape index (κ2) is 7.47. The summed E-state index contributed by atoms with van der Waals surface area (Å²) in [6.07, 6.45) is 6.19. The molecule has 116 valence electrons. The Labute approximate surface area is 133 Å². The van der Waals surface area contributed by atoms with Crippen molar-refractivity contribution in [1.29, 1.82) is 0 Å². The van der Waals surface area contributed by atoms with Crippen molar-refractivity contribution in [2.75, 3.05) is 13.2 Å². The van der Waals surface area contributed by atoms with E-state index in [1.54, 1.807) is 0 Å². The summed E-state index contributed by atoms with van der Waals surface area (Å²) in [5.41, 5.74) is 0. The van der Waals surface area contributed by atoms with Gasteiger partial charge in [-0.15, -0.1) is 0 Å². The highest BCUT2D eigenvalue weighted by atomic mass is 79.9. The van der Waals surface area contributed by atoms with Gasteiger partial charge >= 0.3 is 0 Å². The second-order valence-corrected chi connectivity index (χ2v) is 6.27. The molecule has 4 nitrogen and oxygen atoms in total. The lowest BCUT2D eigenvalue weighted by Crippen LogP contribution is -2.25. The molecule has 0 radical (unpaired) electrons. The van der Waals surface area contributed by atoms with Crippen LogP contribution in [0.1, 0.15) is 38.5 Å². The standard InChI is InChI=1S/C16H21BrO4/c17-13-11-12(20-15-5-1-3-9-18-15)7-8-14(13)21-16-6-2-4-10-19-16/h7-8,11,15-16H,1-6,9-10H2. The third-order valence-corrected chi connectivity index (χ3v) is 4.32. The Hall–Kier alpha value is -0.780. The molecule has 1 aromatic carbocycles. The molecule has 1 aromatic rings. The molecule has 0 amide bonds. The number of benzene rings is 1. The molecule has 5 heteroatoms. The summed E-state index contributed by atoms with van der Waals surface area (Å²) in [4.78, 5) is 0. The number of rotatable bonds is 4. The van der Waals surface area contributed by atoms with Crippen LogP contribution in [-0.2, 0) is 9.47 Å². The van der Waals surface area contributed by atoms with Crippen LogP contribution < -0.4 is 9.47 Å². The third-order valence-electron chi connectivity index (χ3n) is 3.71. The van der Waals surface area contributed by atoms with Gasteiger partial charge < -0.3 is 18.9 Å². The maximum absolute atomic E-state index is 5.88. The van der Waals surface area contributed by atoms with Gasteiger partial charge in [0.25, 0.3) is 0 Å². The van der Waals surface area contributed by atoms with E-state index >= 15 is 0 Å². The fraction of sp³-hybridized carbons (Fsp3) is 0.625. The molecule has 21 heavy (non-hydrogen) atoms. The van der Waals surface area contributed by atoms with Crippen molar-refractivity contribution in [3.63, 3.8) is 0 Å². The topological polar surface area (TPSA) is 36.9 Å². The van der Waals surface area contributed by atoms with Crippen molar-refractivity contribution >= 4 is 15.9 Å². The highest BCUT2D eigenvalue weighted by Crippen LogP contribution is 2.32. The lowest BCUT2D eigenvalue weighted by molar-refractivity contribution is -0.108. The Morgan fingerprint density at radius 1 is 0.905 bits per heavy atom. The molecule has 2 heterocycles. The zero-order chi connectivity index (χ0) is 14.5. The zero-order valence-electron chi connectivity index (χ0n) is 12.1. The Morgan fingerprint density at radius 2 is 1.57 bits per heavy atom. The third kappa shape index (κ3) is 4.34. The SMILES string of the molecule is Brc1cc(OC2CCCCO2)ccc1OC1CCCCO1. The number of hydrogen-bond acceptors (Lipinski definition) is 4. The summed E-state index contributed by atoms with van der Waals surface area (Å²) in [5, 5.41) is 0. The van der Waals surface area contributed by atoms with Crippen LogP contribution in [0, 0.1) is 0 Å². The highest BCUT2D eigenvalue weighted by Gasteiger charge is 2.18. The number of halogens is 1. The maximum atomic E-state index is 5.88. The van der Waals surface area contributed by atoms with Gasteiger partial charge in [-0.1, -0.05) is 0 Å². The molecule has 3 rings (SSSR count). The van der Waals surface area contributed by atoms with Gasteiger partial charge in [0, 0.05) is 12.8 Å². The first-order valence-electron chi connectivity index (χ1n) is 7.67. The van der Waals surface area contributed by atoms with E-state index in [1.165, 1.54) is 0 Å². The van der Waals surface area contributed by atoms with E-state index in [2.05, 4.69) is 15.9 Å². The molecule has 2 unspecified atom stereocenters. The van der Waals surface area contributed by atoms with E-state index in [4.69, 9.17) is 18.9 Å². The van der Waals surface area contributed by atoms with E-state index in [0.29, 0.717) is 0 Å². The van der Waals surface area contributed by atoms with Crippen molar-refractivity contribution in [2.24, 2.45) is 0 Å². The number of ether oxygens (including phenoxy) is 4. The largest absolute Gasteiger partial charge is 0.465 e. The zero-order valence-corrected chi connectivity index (χ0v) is 13.6. The Bertz CT molecular complexity index is 454. The van der Waals surface area contributed by atoms with E-state index in [9.17, 15) is 0 Å². The molecule has 0 bridgehead atoms. The first-order valence-corrected chi connectivity index (χ1v) is 8.46. The molecule has 2 fully saturated rings. The van der Waals surface area contributed by atoms with Gasteiger partial charge in [-0.05, 0) is 59.8 Å². The molecule has 2 atom stereocenters. The summed E-state index contributed by atoms with van der Waals surface area (Å²) in [7, 11) is 0. The van der Waals surface area contributed by atoms with Crippen LogP contribution in [0.25, 0.3) is 0 Å². The van der Waals surface area contributed by atoms with Crippen molar-refractivity contribution in [3.05, 3.63) is 22.7 Å². The maximum Gasteiger partial charge on any atom is 0.199 e. The first kappa shape index (κ1) is 15.1. The molecule has 0 aliphatic carbocycles. The van der Waals surface area contributed by atoms with Gasteiger partial charge in [0.2, 0.25) is 0 Å². The fourth-order valence-electron chi connectivity index (χ4n) is 2.55. The average Bonchev–Trinajstić information content (AvgIpc) is 2.52. The summed E-state index contributed by atoms with van der Waals surface area (Å²) in [5.74, 6) is 1.59. The minimum Gasteiger partial charge on any atom is -0.465 e. The monoisotopic (exact) mass is 356 g/mol. The first-order chi connectivity index (χ1) is 10.3. The van der Waals surface area contributed by atoms with Crippen molar-refractivity contribution in [1.82, 2.24) is 0 Å². The molecule has 2 aliphatic heterocycles. The minimum atomic E-state index is -0.136. The molecule has 2 aliphatic rings. The summed E-state index contributed by atoms with van der Waals surface area (Å²) >= 11 is 3.54. The van der Waals surface area contributed by atoms with E-state index in [0.717, 1.165) is 67.7 Å². The molecule has 0 N–H and O–H groups in total. The van der Waals surface area contributed by atoms with Crippen LogP contribution in [-0.4, -0.2) is 25.8 Å². The van der Waals surface area contributed by atoms with E-state index in [-0.39, 0.29) is 12.6 Å². The quantitative estimate of drug-likeness (QED) is 0.807. The Balaban J connectivity index is 1.59. The molecular formula is C16H21BrO4. The Kier molecular flexibility index (Phi) is 5.38. The molecule has 0 aromatic heterocycles.